The Hall–Kier alpha value is -1.40. The predicted molar refractivity (Wildman–Crippen MR) is 73.6 cm³/mol. The largest absolute Gasteiger partial charge is 0.315 e. The monoisotopic (exact) mass is 282 g/mol. The number of anilines is 1. The normalized spacial score (nSPS) is 15.8. The topological polar surface area (TPSA) is 66.5 Å². The van der Waals surface area contributed by atoms with Gasteiger partial charge in [-0.15, -0.1) is 0 Å². The van der Waals surface area contributed by atoms with Gasteiger partial charge in [-0.05, 0) is 44.0 Å². The van der Waals surface area contributed by atoms with Gasteiger partial charge >= 0.3 is 0 Å². The number of amides is 1. The smallest absolute Gasteiger partial charge is 0.240 e. The van der Waals surface area contributed by atoms with E-state index in [0.29, 0.717) is 12.8 Å². The molecule has 0 bridgehead atoms. The van der Waals surface area contributed by atoms with Gasteiger partial charge in [0.2, 0.25) is 15.9 Å². The number of carbonyl (C=O) groups excluding carboxylic acids is 1. The van der Waals surface area contributed by atoms with Crippen molar-refractivity contribution in [3.05, 3.63) is 23.8 Å². The summed E-state index contributed by atoms with van der Waals surface area (Å²) < 4.78 is 26.7. The van der Waals surface area contributed by atoms with Crippen LogP contribution in [0.5, 0.6) is 0 Å². The van der Waals surface area contributed by atoms with Gasteiger partial charge in [0, 0.05) is 25.2 Å². The highest BCUT2D eigenvalue weighted by Gasteiger charge is 2.23. The molecule has 0 fully saturated rings. The molecule has 5 nitrogen and oxygen atoms in total. The summed E-state index contributed by atoms with van der Waals surface area (Å²) in [5.74, 6) is 0.0587. The van der Waals surface area contributed by atoms with Crippen LogP contribution >= 0.6 is 0 Å². The van der Waals surface area contributed by atoms with E-state index in [1.807, 2.05) is 0 Å². The van der Waals surface area contributed by atoms with Crippen LogP contribution in [0.15, 0.2) is 23.1 Å². The Morgan fingerprint density at radius 1 is 1.26 bits per heavy atom. The molecule has 1 aliphatic rings. The second-order valence-corrected chi connectivity index (χ2v) is 6.73. The molecule has 0 aromatic heterocycles. The molecule has 2 rings (SSSR count). The Morgan fingerprint density at radius 3 is 2.58 bits per heavy atom. The van der Waals surface area contributed by atoms with Gasteiger partial charge in [0.25, 0.3) is 0 Å². The van der Waals surface area contributed by atoms with E-state index in [9.17, 15) is 13.2 Å². The van der Waals surface area contributed by atoms with Crippen LogP contribution in [0.1, 0.15) is 25.8 Å². The van der Waals surface area contributed by atoms with Gasteiger partial charge in [-0.2, -0.15) is 0 Å². The van der Waals surface area contributed by atoms with Crippen molar-refractivity contribution in [3.8, 4) is 0 Å². The van der Waals surface area contributed by atoms with Crippen molar-refractivity contribution in [2.45, 2.75) is 37.6 Å². The molecule has 0 saturated carbocycles. The van der Waals surface area contributed by atoms with Crippen molar-refractivity contribution >= 4 is 21.6 Å². The van der Waals surface area contributed by atoms with Crippen LogP contribution in [0, 0.1) is 0 Å². The molecule has 104 valence electrons. The predicted octanol–water partition coefficient (Wildman–Crippen LogP) is 1.28. The van der Waals surface area contributed by atoms with Crippen LogP contribution in [0.4, 0.5) is 5.69 Å². The molecule has 1 heterocycles. The van der Waals surface area contributed by atoms with Gasteiger partial charge in [-0.25, -0.2) is 13.1 Å². The van der Waals surface area contributed by atoms with E-state index in [0.717, 1.165) is 11.3 Å². The molecular weight excluding hydrogens is 264 g/mol. The minimum atomic E-state index is -3.48. The Morgan fingerprint density at radius 2 is 1.95 bits per heavy atom. The standard InChI is InChI=1S/C13H18N2O3S/c1-9(2)14-19(17,18)11-5-6-12-10(8-11)4-7-13(16)15(12)3/h5-6,8-9,14H,4,7H2,1-3H3. The summed E-state index contributed by atoms with van der Waals surface area (Å²) in [6, 6.07) is 4.74. The number of aryl methyl sites for hydroxylation is 1. The first-order chi connectivity index (χ1) is 8.81. The first-order valence-corrected chi connectivity index (χ1v) is 7.71. The number of hydrogen-bond acceptors (Lipinski definition) is 3. The Balaban J connectivity index is 2.40. The van der Waals surface area contributed by atoms with E-state index in [-0.39, 0.29) is 16.8 Å². The van der Waals surface area contributed by atoms with Crippen molar-refractivity contribution in [3.63, 3.8) is 0 Å². The first kappa shape index (κ1) is 14.0. The molecule has 1 aromatic carbocycles. The summed E-state index contributed by atoms with van der Waals surface area (Å²) in [4.78, 5) is 13.4. The summed E-state index contributed by atoms with van der Waals surface area (Å²) >= 11 is 0. The van der Waals surface area contributed by atoms with E-state index in [1.165, 1.54) is 0 Å². The van der Waals surface area contributed by atoms with E-state index < -0.39 is 10.0 Å². The molecule has 1 aliphatic heterocycles. The zero-order valence-electron chi connectivity index (χ0n) is 11.3. The molecule has 0 aliphatic carbocycles. The second kappa shape index (κ2) is 4.94. The number of carbonyl (C=O) groups is 1. The van der Waals surface area contributed by atoms with E-state index in [1.54, 1.807) is 44.0 Å². The fraction of sp³-hybridized carbons (Fsp3) is 0.462. The Bertz CT molecular complexity index is 608. The lowest BCUT2D eigenvalue weighted by molar-refractivity contribution is -0.118. The number of benzene rings is 1. The average molecular weight is 282 g/mol. The van der Waals surface area contributed by atoms with Crippen LogP contribution in [0.2, 0.25) is 0 Å². The summed E-state index contributed by atoms with van der Waals surface area (Å²) in [6.45, 7) is 3.56. The summed E-state index contributed by atoms with van der Waals surface area (Å²) in [7, 11) is -1.77. The Kier molecular flexibility index (Phi) is 3.64. The number of fused-ring (bicyclic) bond motifs is 1. The number of nitrogens with one attached hydrogen (secondary N) is 1. The lowest BCUT2D eigenvalue weighted by Crippen LogP contribution is -2.32. The van der Waals surface area contributed by atoms with Crippen LogP contribution in [-0.2, 0) is 21.2 Å². The maximum atomic E-state index is 12.1. The number of sulfonamides is 1. The lowest BCUT2D eigenvalue weighted by atomic mass is 10.0. The molecule has 0 radical (unpaired) electrons. The van der Waals surface area contributed by atoms with Crippen LogP contribution in [0.25, 0.3) is 0 Å². The highest BCUT2D eigenvalue weighted by molar-refractivity contribution is 7.89. The molecule has 0 unspecified atom stereocenters. The first-order valence-electron chi connectivity index (χ1n) is 6.23. The third-order valence-corrected chi connectivity index (χ3v) is 4.75. The SMILES string of the molecule is CC(C)NS(=O)(=O)c1ccc2c(c1)CCC(=O)N2C. The maximum absolute atomic E-state index is 12.1. The van der Waals surface area contributed by atoms with Gasteiger partial charge < -0.3 is 4.90 Å². The van der Waals surface area contributed by atoms with Gasteiger partial charge in [-0.3, -0.25) is 4.79 Å². The minimum Gasteiger partial charge on any atom is -0.315 e. The van der Waals surface area contributed by atoms with Gasteiger partial charge in [0.05, 0.1) is 4.90 Å². The van der Waals surface area contributed by atoms with Crippen molar-refractivity contribution in [2.75, 3.05) is 11.9 Å². The molecular formula is C13H18N2O3S. The van der Waals surface area contributed by atoms with Crippen molar-refractivity contribution in [2.24, 2.45) is 0 Å². The third-order valence-electron chi connectivity index (χ3n) is 3.10. The van der Waals surface area contributed by atoms with Crippen molar-refractivity contribution in [1.29, 1.82) is 0 Å². The minimum absolute atomic E-state index is 0.0587. The summed E-state index contributed by atoms with van der Waals surface area (Å²) in [5, 5.41) is 0. The second-order valence-electron chi connectivity index (χ2n) is 5.02. The average Bonchev–Trinajstić information content (AvgIpc) is 2.32. The van der Waals surface area contributed by atoms with Gasteiger partial charge in [0.15, 0.2) is 0 Å². The summed E-state index contributed by atoms with van der Waals surface area (Å²) in [5.41, 5.74) is 1.69. The van der Waals surface area contributed by atoms with Crippen molar-refractivity contribution < 1.29 is 13.2 Å². The molecule has 19 heavy (non-hydrogen) atoms. The van der Waals surface area contributed by atoms with E-state index >= 15 is 0 Å². The zero-order chi connectivity index (χ0) is 14.2. The van der Waals surface area contributed by atoms with Crippen molar-refractivity contribution in [1.82, 2.24) is 4.72 Å². The number of rotatable bonds is 3. The van der Waals surface area contributed by atoms with Crippen LogP contribution in [-0.4, -0.2) is 27.4 Å². The van der Waals surface area contributed by atoms with Crippen LogP contribution < -0.4 is 9.62 Å². The third kappa shape index (κ3) is 2.79. The molecule has 1 aromatic rings. The highest BCUT2D eigenvalue weighted by atomic mass is 32.2. The molecule has 1 amide bonds. The van der Waals surface area contributed by atoms with E-state index in [4.69, 9.17) is 0 Å². The fourth-order valence-electron chi connectivity index (χ4n) is 2.18. The fourth-order valence-corrected chi connectivity index (χ4v) is 3.48. The summed E-state index contributed by atoms with van der Waals surface area (Å²) in [6.07, 6.45) is 1.01. The number of hydrogen-bond donors (Lipinski definition) is 1. The highest BCUT2D eigenvalue weighted by Crippen LogP contribution is 2.28. The Labute approximate surface area is 113 Å². The van der Waals surface area contributed by atoms with E-state index in [2.05, 4.69) is 4.72 Å². The molecule has 1 N–H and O–H groups in total. The lowest BCUT2D eigenvalue weighted by Gasteiger charge is -2.26. The molecule has 0 spiro atoms. The quantitative estimate of drug-likeness (QED) is 0.908. The van der Waals surface area contributed by atoms with Gasteiger partial charge in [-0.1, -0.05) is 0 Å². The number of nitrogens with zero attached hydrogens (tertiary/aromatic N) is 1. The zero-order valence-corrected chi connectivity index (χ0v) is 12.1. The molecule has 0 atom stereocenters. The maximum Gasteiger partial charge on any atom is 0.240 e. The molecule has 6 heteroatoms. The molecule has 0 saturated heterocycles. The van der Waals surface area contributed by atoms with Gasteiger partial charge in [0.1, 0.15) is 0 Å². The van der Waals surface area contributed by atoms with Crippen LogP contribution in [0.3, 0.4) is 0 Å².